The molecule has 2 aliphatic rings. The van der Waals surface area contributed by atoms with E-state index in [0.29, 0.717) is 5.69 Å². The normalized spacial score (nSPS) is 15.8. The minimum absolute atomic E-state index is 0.137. The summed E-state index contributed by atoms with van der Waals surface area (Å²) < 4.78 is 0. The second-order valence-electron chi connectivity index (χ2n) is 10.6. The van der Waals surface area contributed by atoms with E-state index < -0.39 is 11.7 Å². The summed E-state index contributed by atoms with van der Waals surface area (Å²) >= 11 is 1.54. The van der Waals surface area contributed by atoms with Gasteiger partial charge in [-0.2, -0.15) is 10.1 Å². The van der Waals surface area contributed by atoms with Crippen molar-refractivity contribution in [3.63, 3.8) is 0 Å². The van der Waals surface area contributed by atoms with Gasteiger partial charge in [-0.25, -0.2) is 4.85 Å². The van der Waals surface area contributed by atoms with Crippen LogP contribution in [0.5, 0.6) is 0 Å². The van der Waals surface area contributed by atoms with Crippen LogP contribution in [0.1, 0.15) is 28.0 Å². The van der Waals surface area contributed by atoms with Gasteiger partial charge in [-0.15, -0.1) is 11.3 Å². The highest BCUT2D eigenvalue weighted by atomic mass is 32.1. The summed E-state index contributed by atoms with van der Waals surface area (Å²) in [6.07, 6.45) is 4.96. The van der Waals surface area contributed by atoms with Gasteiger partial charge in [0.1, 0.15) is 0 Å². The minimum atomic E-state index is -1.37. The standard InChI is InChI=1S/C35H28N4O3S/c1-22-16-23(2)18-27(17-22)38-15-7-8-24-19-25(11-13-32(24)38)33-14-12-28(43-33)20-29-30(21-31(36-3)35(41)42)37-39(34(29)40)26-9-5-4-6-10-26/h4-6,9-14,16-21H,7-8,15H2,1-2H3,(H,41,42)/b29-20-,31-21-. The Hall–Kier alpha value is -5.26. The molecule has 43 heavy (non-hydrogen) atoms. The summed E-state index contributed by atoms with van der Waals surface area (Å²) in [5, 5.41) is 15.1. The van der Waals surface area contributed by atoms with Crippen LogP contribution in [0.4, 0.5) is 17.1 Å². The Kier molecular flexibility index (Phi) is 7.49. The largest absolute Gasteiger partial charge is 0.486 e. The number of aliphatic carboxylic acids is 1. The quantitative estimate of drug-likeness (QED) is 0.185. The first-order chi connectivity index (χ1) is 20.8. The molecule has 0 saturated carbocycles. The van der Waals surface area contributed by atoms with E-state index in [-0.39, 0.29) is 17.2 Å². The number of thiophene rings is 1. The van der Waals surface area contributed by atoms with E-state index in [1.165, 1.54) is 33.1 Å². The Bertz CT molecular complexity index is 1880. The number of allylic oxidation sites excluding steroid dienone is 1. The predicted molar refractivity (Wildman–Crippen MR) is 173 cm³/mol. The van der Waals surface area contributed by atoms with Crippen LogP contribution in [0, 0.1) is 20.4 Å². The van der Waals surface area contributed by atoms with Gasteiger partial charge in [0.05, 0.1) is 23.5 Å². The zero-order valence-corrected chi connectivity index (χ0v) is 24.6. The van der Waals surface area contributed by atoms with E-state index in [0.717, 1.165) is 40.8 Å². The Labute approximate surface area is 254 Å². The van der Waals surface area contributed by atoms with Crippen LogP contribution in [-0.4, -0.2) is 29.2 Å². The highest BCUT2D eigenvalue weighted by molar-refractivity contribution is 7.16. The average molecular weight is 585 g/mol. The zero-order valence-electron chi connectivity index (χ0n) is 23.7. The maximum Gasteiger partial charge on any atom is 0.333 e. The van der Waals surface area contributed by atoms with Crippen LogP contribution in [0.2, 0.25) is 0 Å². The van der Waals surface area contributed by atoms with Gasteiger partial charge < -0.3 is 10.0 Å². The number of fused-ring (bicyclic) bond motifs is 1. The van der Waals surface area contributed by atoms with Gasteiger partial charge in [0, 0.05) is 27.7 Å². The second kappa shape index (κ2) is 11.6. The van der Waals surface area contributed by atoms with Gasteiger partial charge in [0.15, 0.2) is 0 Å². The number of hydrogen-bond acceptors (Lipinski definition) is 5. The van der Waals surface area contributed by atoms with Crippen molar-refractivity contribution in [1.29, 1.82) is 0 Å². The lowest BCUT2D eigenvalue weighted by molar-refractivity contribution is -0.132. The molecule has 7 nitrogen and oxygen atoms in total. The Morgan fingerprint density at radius 3 is 2.49 bits per heavy atom. The molecule has 0 unspecified atom stereocenters. The van der Waals surface area contributed by atoms with Gasteiger partial charge in [-0.05, 0) is 110 Å². The number of amides is 1. The number of aryl methyl sites for hydroxylation is 3. The number of nitrogens with zero attached hydrogens (tertiary/aromatic N) is 4. The lowest BCUT2D eigenvalue weighted by atomic mass is 9.97. The first-order valence-corrected chi connectivity index (χ1v) is 14.7. The Balaban J connectivity index is 1.33. The monoisotopic (exact) mass is 584 g/mol. The summed E-state index contributed by atoms with van der Waals surface area (Å²) in [5.41, 5.74) is 7.78. The molecule has 0 saturated heterocycles. The number of rotatable bonds is 6. The minimum Gasteiger partial charge on any atom is -0.486 e. The molecular formula is C35H28N4O3S. The summed E-state index contributed by atoms with van der Waals surface area (Å²) in [6, 6.07) is 26.2. The predicted octanol–water partition coefficient (Wildman–Crippen LogP) is 7.79. The van der Waals surface area contributed by atoms with Crippen molar-refractivity contribution in [3.8, 4) is 10.4 Å². The molecule has 8 heteroatoms. The molecule has 3 aromatic carbocycles. The van der Waals surface area contributed by atoms with E-state index in [4.69, 9.17) is 6.57 Å². The molecule has 0 atom stereocenters. The number of carbonyl (C=O) groups excluding carboxylic acids is 1. The number of benzene rings is 3. The summed E-state index contributed by atoms with van der Waals surface area (Å²) in [5.74, 6) is -1.76. The highest BCUT2D eigenvalue weighted by Crippen LogP contribution is 2.39. The van der Waals surface area contributed by atoms with Gasteiger partial charge in [-0.3, -0.25) is 9.59 Å². The molecule has 212 valence electrons. The molecule has 1 N–H and O–H groups in total. The van der Waals surface area contributed by atoms with E-state index in [1.54, 1.807) is 41.7 Å². The van der Waals surface area contributed by atoms with E-state index in [9.17, 15) is 14.7 Å². The van der Waals surface area contributed by atoms with Crippen molar-refractivity contribution < 1.29 is 14.7 Å². The van der Waals surface area contributed by atoms with Crippen molar-refractivity contribution in [2.24, 2.45) is 5.10 Å². The lowest BCUT2D eigenvalue weighted by Gasteiger charge is -2.32. The smallest absolute Gasteiger partial charge is 0.333 e. The van der Waals surface area contributed by atoms with Crippen molar-refractivity contribution >= 4 is 52.1 Å². The van der Waals surface area contributed by atoms with Gasteiger partial charge in [0.25, 0.3) is 11.6 Å². The zero-order chi connectivity index (χ0) is 30.1. The first kappa shape index (κ1) is 27.9. The van der Waals surface area contributed by atoms with Crippen LogP contribution in [-0.2, 0) is 16.0 Å². The Morgan fingerprint density at radius 2 is 1.77 bits per heavy atom. The van der Waals surface area contributed by atoms with Crippen molar-refractivity contribution in [2.45, 2.75) is 26.7 Å². The number of carboxylic acid groups (broad SMARTS) is 1. The van der Waals surface area contributed by atoms with Gasteiger partial charge in [-0.1, -0.05) is 30.3 Å². The van der Waals surface area contributed by atoms with Crippen molar-refractivity contribution in [3.05, 3.63) is 129 Å². The van der Waals surface area contributed by atoms with E-state index >= 15 is 0 Å². The third-order valence-corrected chi connectivity index (χ3v) is 8.52. The number of anilines is 3. The number of hydrogen-bond donors (Lipinski definition) is 1. The van der Waals surface area contributed by atoms with Crippen LogP contribution < -0.4 is 9.91 Å². The van der Waals surface area contributed by atoms with Gasteiger partial charge >= 0.3 is 5.97 Å². The summed E-state index contributed by atoms with van der Waals surface area (Å²) in [4.78, 5) is 32.4. The van der Waals surface area contributed by atoms with Crippen LogP contribution in [0.15, 0.2) is 101 Å². The number of hydrazone groups is 1. The average Bonchev–Trinajstić information content (AvgIpc) is 3.59. The molecule has 0 aliphatic carbocycles. The molecule has 1 amide bonds. The fourth-order valence-corrected chi connectivity index (χ4v) is 6.49. The van der Waals surface area contributed by atoms with Crippen LogP contribution in [0.25, 0.3) is 21.4 Å². The van der Waals surface area contributed by atoms with Gasteiger partial charge in [0.2, 0.25) is 0 Å². The topological polar surface area (TPSA) is 77.6 Å². The molecule has 0 radical (unpaired) electrons. The third kappa shape index (κ3) is 5.63. The number of carbonyl (C=O) groups is 2. The maximum absolute atomic E-state index is 13.5. The SMILES string of the molecule is [C-]#[N+]/C(=C\C1=NN(c2ccccc2)C(=O)/C1=C\c1ccc(-c2ccc3c(c2)CCCN3c2cc(C)cc(C)c2)s1)C(=O)O. The maximum atomic E-state index is 13.5. The second-order valence-corrected chi connectivity index (χ2v) is 11.7. The Morgan fingerprint density at radius 1 is 1.00 bits per heavy atom. The summed E-state index contributed by atoms with van der Waals surface area (Å²) in [7, 11) is 0. The summed E-state index contributed by atoms with van der Waals surface area (Å²) in [6.45, 7) is 12.5. The molecule has 4 aromatic rings. The molecule has 0 spiro atoms. The third-order valence-electron chi connectivity index (χ3n) is 7.43. The number of carboxylic acids is 1. The first-order valence-electron chi connectivity index (χ1n) is 13.9. The molecule has 3 heterocycles. The fourth-order valence-electron chi connectivity index (χ4n) is 5.54. The molecule has 0 fully saturated rings. The molecule has 0 bridgehead atoms. The molecular weight excluding hydrogens is 556 g/mol. The molecule has 6 rings (SSSR count). The van der Waals surface area contributed by atoms with E-state index in [2.05, 4.69) is 65.1 Å². The van der Waals surface area contributed by atoms with Crippen molar-refractivity contribution in [2.75, 3.05) is 16.5 Å². The molecule has 2 aliphatic heterocycles. The fraction of sp³-hybridized carbons (Fsp3) is 0.143. The van der Waals surface area contributed by atoms with E-state index in [1.807, 2.05) is 18.2 Å². The number of para-hydroxylation sites is 1. The van der Waals surface area contributed by atoms with Crippen LogP contribution >= 0.6 is 11.3 Å². The lowest BCUT2D eigenvalue weighted by Crippen LogP contribution is -2.24. The highest BCUT2D eigenvalue weighted by Gasteiger charge is 2.31. The molecule has 1 aromatic heterocycles. The van der Waals surface area contributed by atoms with Crippen LogP contribution in [0.3, 0.4) is 0 Å². The van der Waals surface area contributed by atoms with Crippen molar-refractivity contribution in [1.82, 2.24) is 0 Å².